The highest BCUT2D eigenvalue weighted by atomic mass is 35.5. The predicted octanol–water partition coefficient (Wildman–Crippen LogP) is 3.77. The molecule has 0 aromatic heterocycles. The first-order valence-electron chi connectivity index (χ1n) is 8.56. The number of hydrogen-bond acceptors (Lipinski definition) is 3. The second-order valence-corrected chi connectivity index (χ2v) is 9.20. The number of carbonyl (C=O) groups excluding carboxylic acids is 1. The van der Waals surface area contributed by atoms with Gasteiger partial charge in [0, 0.05) is 18.6 Å². The normalized spacial score (nSPS) is 12.5. The van der Waals surface area contributed by atoms with Crippen molar-refractivity contribution in [2.45, 2.75) is 33.4 Å². The van der Waals surface area contributed by atoms with Gasteiger partial charge in [-0.05, 0) is 61.7 Å². The lowest BCUT2D eigenvalue weighted by atomic mass is 10.1. The van der Waals surface area contributed by atoms with Gasteiger partial charge in [0.2, 0.25) is 15.9 Å². The zero-order valence-corrected chi connectivity index (χ0v) is 17.8. The first-order chi connectivity index (χ1) is 12.5. The number of hydrogen-bond donors (Lipinski definition) is 0. The SMILES string of the molecule is Cc1cc(C)cc(N([C@H](C)C(=O)N(C)Cc2ccc(Cl)cc2)S(C)(=O)=O)c1. The van der Waals surface area contributed by atoms with E-state index in [4.69, 9.17) is 11.6 Å². The van der Waals surface area contributed by atoms with E-state index in [2.05, 4.69) is 0 Å². The quantitative estimate of drug-likeness (QED) is 0.731. The molecule has 0 saturated heterocycles. The molecule has 0 spiro atoms. The van der Waals surface area contributed by atoms with E-state index in [0.717, 1.165) is 22.9 Å². The Kier molecular flexibility index (Phi) is 6.54. The summed E-state index contributed by atoms with van der Waals surface area (Å²) >= 11 is 5.89. The van der Waals surface area contributed by atoms with Gasteiger partial charge in [-0.25, -0.2) is 8.42 Å². The first kappa shape index (κ1) is 21.3. The second kappa shape index (κ2) is 8.31. The number of aryl methyl sites for hydroxylation is 2. The summed E-state index contributed by atoms with van der Waals surface area (Å²) in [6.45, 7) is 5.77. The van der Waals surface area contributed by atoms with Crippen LogP contribution in [0, 0.1) is 13.8 Å². The fourth-order valence-corrected chi connectivity index (χ4v) is 4.42. The van der Waals surface area contributed by atoms with Crippen LogP contribution >= 0.6 is 11.6 Å². The molecular weight excluding hydrogens is 384 g/mol. The summed E-state index contributed by atoms with van der Waals surface area (Å²) in [6, 6.07) is 11.9. The molecule has 0 heterocycles. The zero-order valence-electron chi connectivity index (χ0n) is 16.2. The van der Waals surface area contributed by atoms with E-state index in [9.17, 15) is 13.2 Å². The third kappa shape index (κ3) is 5.47. The Balaban J connectivity index is 2.30. The fourth-order valence-electron chi connectivity index (χ4n) is 3.14. The van der Waals surface area contributed by atoms with Crippen molar-refractivity contribution >= 4 is 33.2 Å². The summed E-state index contributed by atoms with van der Waals surface area (Å²) in [5.41, 5.74) is 3.29. The third-order valence-corrected chi connectivity index (χ3v) is 5.73. The van der Waals surface area contributed by atoms with E-state index >= 15 is 0 Å². The standard InChI is InChI=1S/C20H25ClN2O3S/c1-14-10-15(2)12-19(11-14)23(27(5,25)26)16(3)20(24)22(4)13-17-6-8-18(21)9-7-17/h6-12,16H,13H2,1-5H3/t16-/m1/s1. The topological polar surface area (TPSA) is 57.7 Å². The lowest BCUT2D eigenvalue weighted by Crippen LogP contribution is -2.48. The molecule has 0 saturated carbocycles. The van der Waals surface area contributed by atoms with E-state index in [-0.39, 0.29) is 5.91 Å². The molecular formula is C20H25ClN2O3S. The Morgan fingerprint density at radius 1 is 1.07 bits per heavy atom. The molecule has 7 heteroatoms. The molecule has 0 radical (unpaired) electrons. The maximum Gasteiger partial charge on any atom is 0.246 e. The van der Waals surface area contributed by atoms with Crippen molar-refractivity contribution in [3.8, 4) is 0 Å². The maximum atomic E-state index is 12.9. The van der Waals surface area contributed by atoms with Crippen LogP contribution in [0.5, 0.6) is 0 Å². The van der Waals surface area contributed by atoms with Crippen LogP contribution in [0.1, 0.15) is 23.6 Å². The summed E-state index contributed by atoms with van der Waals surface area (Å²) in [6.07, 6.45) is 1.12. The van der Waals surface area contributed by atoms with Crippen LogP contribution in [-0.2, 0) is 21.4 Å². The molecule has 0 fully saturated rings. The summed E-state index contributed by atoms with van der Waals surface area (Å²) in [7, 11) is -1.98. The number of rotatable bonds is 6. The molecule has 0 bridgehead atoms. The number of halogens is 1. The molecule has 0 N–H and O–H groups in total. The number of likely N-dealkylation sites (N-methyl/N-ethyl adjacent to an activating group) is 1. The largest absolute Gasteiger partial charge is 0.340 e. The Labute approximate surface area is 166 Å². The number of carbonyl (C=O) groups is 1. The molecule has 2 aromatic rings. The van der Waals surface area contributed by atoms with E-state index in [1.165, 1.54) is 9.21 Å². The molecule has 2 rings (SSSR count). The second-order valence-electron chi connectivity index (χ2n) is 6.90. The van der Waals surface area contributed by atoms with Gasteiger partial charge in [-0.2, -0.15) is 0 Å². The molecule has 0 aliphatic rings. The van der Waals surface area contributed by atoms with Gasteiger partial charge in [-0.3, -0.25) is 9.10 Å². The minimum absolute atomic E-state index is 0.283. The van der Waals surface area contributed by atoms with Crippen LogP contribution in [0.25, 0.3) is 0 Å². The van der Waals surface area contributed by atoms with Crippen molar-refractivity contribution in [2.24, 2.45) is 0 Å². The molecule has 5 nitrogen and oxygen atoms in total. The molecule has 1 atom stereocenters. The smallest absolute Gasteiger partial charge is 0.246 e. The Bertz CT molecular complexity index is 906. The van der Waals surface area contributed by atoms with Crippen molar-refractivity contribution < 1.29 is 13.2 Å². The molecule has 0 aliphatic carbocycles. The summed E-state index contributed by atoms with van der Waals surface area (Å²) in [5.74, 6) is -0.283. The van der Waals surface area contributed by atoms with Crippen LogP contribution < -0.4 is 4.31 Å². The molecule has 2 aromatic carbocycles. The lowest BCUT2D eigenvalue weighted by molar-refractivity contribution is -0.131. The molecule has 27 heavy (non-hydrogen) atoms. The van der Waals surface area contributed by atoms with Crippen molar-refractivity contribution in [3.63, 3.8) is 0 Å². The summed E-state index contributed by atoms with van der Waals surface area (Å²) < 4.78 is 26.1. The number of nitrogens with zero attached hydrogens (tertiary/aromatic N) is 2. The van der Waals surface area contributed by atoms with Crippen molar-refractivity contribution in [1.82, 2.24) is 4.90 Å². The van der Waals surface area contributed by atoms with Gasteiger partial charge in [0.1, 0.15) is 6.04 Å². The number of amides is 1. The Morgan fingerprint density at radius 3 is 2.07 bits per heavy atom. The molecule has 1 amide bonds. The van der Waals surface area contributed by atoms with Crippen LogP contribution in [0.4, 0.5) is 5.69 Å². The van der Waals surface area contributed by atoms with Gasteiger partial charge >= 0.3 is 0 Å². The zero-order chi connectivity index (χ0) is 20.4. The maximum absolute atomic E-state index is 12.9. The summed E-state index contributed by atoms with van der Waals surface area (Å²) in [4.78, 5) is 14.5. The highest BCUT2D eigenvalue weighted by Gasteiger charge is 2.31. The van der Waals surface area contributed by atoms with Gasteiger partial charge < -0.3 is 4.90 Å². The Morgan fingerprint density at radius 2 is 1.59 bits per heavy atom. The molecule has 0 unspecified atom stereocenters. The van der Waals surface area contributed by atoms with Crippen molar-refractivity contribution in [2.75, 3.05) is 17.6 Å². The predicted molar refractivity (Wildman–Crippen MR) is 111 cm³/mol. The highest BCUT2D eigenvalue weighted by Crippen LogP contribution is 2.24. The highest BCUT2D eigenvalue weighted by molar-refractivity contribution is 7.92. The van der Waals surface area contributed by atoms with Crippen molar-refractivity contribution in [1.29, 1.82) is 0 Å². The average molecular weight is 409 g/mol. The van der Waals surface area contributed by atoms with Crippen LogP contribution in [0.15, 0.2) is 42.5 Å². The van der Waals surface area contributed by atoms with Gasteiger partial charge in [-0.1, -0.05) is 29.8 Å². The lowest BCUT2D eigenvalue weighted by Gasteiger charge is -2.31. The van der Waals surface area contributed by atoms with E-state index < -0.39 is 16.1 Å². The monoisotopic (exact) mass is 408 g/mol. The van der Waals surface area contributed by atoms with Gasteiger partial charge in [0.05, 0.1) is 11.9 Å². The minimum atomic E-state index is -3.64. The van der Waals surface area contributed by atoms with Crippen LogP contribution in [-0.4, -0.2) is 38.6 Å². The van der Waals surface area contributed by atoms with Crippen molar-refractivity contribution in [3.05, 3.63) is 64.2 Å². The van der Waals surface area contributed by atoms with E-state index in [1.807, 2.05) is 32.0 Å². The van der Waals surface area contributed by atoms with Gasteiger partial charge in [0.25, 0.3) is 0 Å². The molecule has 146 valence electrons. The van der Waals surface area contributed by atoms with E-state index in [1.54, 1.807) is 38.2 Å². The average Bonchev–Trinajstić information content (AvgIpc) is 2.54. The van der Waals surface area contributed by atoms with Gasteiger partial charge in [0.15, 0.2) is 0 Å². The number of sulfonamides is 1. The van der Waals surface area contributed by atoms with E-state index in [0.29, 0.717) is 17.3 Å². The number of benzene rings is 2. The molecule has 0 aliphatic heterocycles. The number of anilines is 1. The van der Waals surface area contributed by atoms with Gasteiger partial charge in [-0.15, -0.1) is 0 Å². The fraction of sp³-hybridized carbons (Fsp3) is 0.350. The first-order valence-corrected chi connectivity index (χ1v) is 10.8. The van der Waals surface area contributed by atoms with Crippen LogP contribution in [0.2, 0.25) is 5.02 Å². The minimum Gasteiger partial charge on any atom is -0.340 e. The summed E-state index contributed by atoms with van der Waals surface area (Å²) in [5, 5.41) is 0.624. The Hall–Kier alpha value is -2.05. The third-order valence-electron chi connectivity index (χ3n) is 4.24. The van der Waals surface area contributed by atoms with Crippen LogP contribution in [0.3, 0.4) is 0 Å².